The maximum Gasteiger partial charge on any atom is 0 e. The Bertz CT molecular complexity index is 198. The second kappa shape index (κ2) is 4.81. The second-order valence-corrected chi connectivity index (χ2v) is 2.08. The summed E-state index contributed by atoms with van der Waals surface area (Å²) >= 11 is 0. The van der Waals surface area contributed by atoms with Crippen LogP contribution in [0.4, 0.5) is 0 Å². The van der Waals surface area contributed by atoms with Crippen LogP contribution in [0.15, 0.2) is 24.3 Å². The van der Waals surface area contributed by atoms with Gasteiger partial charge in [-0.1, -0.05) is 17.7 Å². The molecule has 0 unspecified atom stereocenters. The zero-order valence-electron chi connectivity index (χ0n) is 6.04. The molecule has 0 atom stereocenters. The minimum atomic E-state index is 0. The van der Waals surface area contributed by atoms with E-state index in [9.17, 15) is 0 Å². The molecule has 0 saturated carbocycles. The Labute approximate surface area is 87.2 Å². The van der Waals surface area contributed by atoms with Crippen molar-refractivity contribution < 1.29 is 32.7 Å². The molecule has 0 fully saturated rings. The number of hydrogen-bond donors (Lipinski definition) is 0. The number of benzene rings is 1. The summed E-state index contributed by atoms with van der Waals surface area (Å²) in [7, 11) is 0. The summed E-state index contributed by atoms with van der Waals surface area (Å²) in [6.07, 6.45) is 1.60. The summed E-state index contributed by atoms with van der Waals surface area (Å²) in [5.74, 6) is 0. The molecule has 0 heterocycles. The smallest absolute Gasteiger partial charge is 0 e. The van der Waals surface area contributed by atoms with Gasteiger partial charge in [-0.25, -0.2) is 6.08 Å². The molecule has 0 nitrogen and oxygen atoms in total. The van der Waals surface area contributed by atoms with Crippen molar-refractivity contribution in [2.45, 2.75) is 6.92 Å². The van der Waals surface area contributed by atoms with E-state index >= 15 is 0 Å². The Morgan fingerprint density at radius 1 is 1.20 bits per heavy atom. The number of hydrogen-bond acceptors (Lipinski definition) is 0. The first-order valence-electron chi connectivity index (χ1n) is 2.94. The maximum absolute atomic E-state index is 5.27. The Kier molecular flexibility index (Phi) is 4.85. The molecule has 49 valence electrons. The first-order valence-corrected chi connectivity index (χ1v) is 2.94. The van der Waals surface area contributed by atoms with Crippen molar-refractivity contribution in [1.82, 2.24) is 0 Å². The van der Waals surface area contributed by atoms with Gasteiger partial charge in [0.25, 0.3) is 0 Å². The molecule has 1 heteroatoms. The minimum Gasteiger partial charge on any atom is -0.292 e. The third-order valence-electron chi connectivity index (χ3n) is 1.27. The predicted octanol–water partition coefficient (Wildman–Crippen LogP) is 2.44. The molecule has 0 amide bonds. The molecule has 1 rings (SSSR count). The third kappa shape index (κ3) is 2.76. The van der Waals surface area contributed by atoms with E-state index in [-0.39, 0.29) is 32.7 Å². The summed E-state index contributed by atoms with van der Waals surface area (Å²) in [5.41, 5.74) is 2.33. The van der Waals surface area contributed by atoms with Crippen molar-refractivity contribution in [1.29, 1.82) is 0 Å². The molecule has 0 aliphatic rings. The second-order valence-electron chi connectivity index (χ2n) is 2.08. The molecule has 0 aromatic heterocycles. The quantitative estimate of drug-likeness (QED) is 0.619. The summed E-state index contributed by atoms with van der Waals surface area (Å²) < 4.78 is 0. The molecule has 1 aromatic rings. The van der Waals surface area contributed by atoms with Gasteiger partial charge in [-0.05, 0) is 6.92 Å². The van der Waals surface area contributed by atoms with Crippen molar-refractivity contribution in [3.05, 3.63) is 42.0 Å². The predicted molar refractivity (Wildman–Crippen MR) is 39.9 cm³/mol. The summed E-state index contributed by atoms with van der Waals surface area (Å²) in [6.45, 7) is 7.33. The van der Waals surface area contributed by atoms with E-state index in [2.05, 4.69) is 6.92 Å². The van der Waals surface area contributed by atoms with E-state index in [1.165, 1.54) is 5.56 Å². The summed E-state index contributed by atoms with van der Waals surface area (Å²) in [6, 6.07) is 8.07. The largest absolute Gasteiger partial charge is 0.292 e. The Morgan fingerprint density at radius 2 is 1.70 bits per heavy atom. The van der Waals surface area contributed by atoms with Crippen LogP contribution in [0.2, 0.25) is 0 Å². The van der Waals surface area contributed by atoms with Crippen molar-refractivity contribution in [3.8, 4) is 0 Å². The van der Waals surface area contributed by atoms with Gasteiger partial charge in [0.15, 0.2) is 0 Å². The van der Waals surface area contributed by atoms with E-state index in [1.807, 2.05) is 24.3 Å². The van der Waals surface area contributed by atoms with Crippen molar-refractivity contribution >= 4 is 6.08 Å². The van der Waals surface area contributed by atoms with Crippen LogP contribution >= 0.6 is 0 Å². The first-order chi connectivity index (χ1) is 4.33. The van der Waals surface area contributed by atoms with Crippen LogP contribution < -0.4 is 0 Å². The standard InChI is InChI=1S/C9H9.Y/c1-3-9-6-4-8(2)5-7-9;/h1,3-7H,2H3;/q-1;. The third-order valence-corrected chi connectivity index (χ3v) is 1.27. The molecular formula is C9H9Y-. The van der Waals surface area contributed by atoms with Crippen molar-refractivity contribution in [3.63, 3.8) is 0 Å². The van der Waals surface area contributed by atoms with E-state index in [0.717, 1.165) is 5.56 Å². The summed E-state index contributed by atoms with van der Waals surface area (Å²) in [5, 5.41) is 0. The molecule has 0 aliphatic heterocycles. The van der Waals surface area contributed by atoms with Crippen LogP contribution in [0.1, 0.15) is 11.1 Å². The van der Waals surface area contributed by atoms with Crippen LogP contribution in [0.3, 0.4) is 0 Å². The molecule has 1 aromatic carbocycles. The molecule has 0 N–H and O–H groups in total. The minimum absolute atomic E-state index is 0. The Hall–Kier alpha value is 0.0639. The van der Waals surface area contributed by atoms with E-state index in [1.54, 1.807) is 6.08 Å². The average molecular weight is 206 g/mol. The molecule has 0 bridgehead atoms. The fourth-order valence-corrected chi connectivity index (χ4v) is 0.678. The summed E-state index contributed by atoms with van der Waals surface area (Å²) in [4.78, 5) is 0. The van der Waals surface area contributed by atoms with Gasteiger partial charge in [0, 0.05) is 32.7 Å². The average Bonchev–Trinajstić information content (AvgIpc) is 1.90. The molecule has 0 spiro atoms. The van der Waals surface area contributed by atoms with Crippen molar-refractivity contribution in [2.75, 3.05) is 0 Å². The Balaban J connectivity index is 0.000000810. The zero-order chi connectivity index (χ0) is 6.69. The molecule has 0 aliphatic carbocycles. The van der Waals surface area contributed by atoms with Gasteiger partial charge in [0.05, 0.1) is 0 Å². The van der Waals surface area contributed by atoms with Crippen LogP contribution in [0, 0.1) is 13.5 Å². The number of rotatable bonds is 1. The first kappa shape index (κ1) is 10.1. The van der Waals surface area contributed by atoms with Gasteiger partial charge in [0.2, 0.25) is 0 Å². The fourth-order valence-electron chi connectivity index (χ4n) is 0.678. The molecular weight excluding hydrogens is 197 g/mol. The van der Waals surface area contributed by atoms with Crippen LogP contribution in [-0.4, -0.2) is 0 Å². The van der Waals surface area contributed by atoms with Gasteiger partial charge in [-0.15, -0.1) is 12.1 Å². The molecule has 1 radical (unpaired) electrons. The topological polar surface area (TPSA) is 0 Å². The van der Waals surface area contributed by atoms with Gasteiger partial charge in [0.1, 0.15) is 0 Å². The van der Waals surface area contributed by atoms with E-state index in [4.69, 9.17) is 6.58 Å². The van der Waals surface area contributed by atoms with E-state index in [0.29, 0.717) is 0 Å². The zero-order valence-corrected chi connectivity index (χ0v) is 8.88. The van der Waals surface area contributed by atoms with Crippen LogP contribution in [0.5, 0.6) is 0 Å². The van der Waals surface area contributed by atoms with Crippen LogP contribution in [-0.2, 0) is 32.7 Å². The van der Waals surface area contributed by atoms with Gasteiger partial charge >= 0.3 is 0 Å². The maximum atomic E-state index is 5.27. The normalized spacial score (nSPS) is 8.10. The van der Waals surface area contributed by atoms with E-state index < -0.39 is 0 Å². The van der Waals surface area contributed by atoms with Gasteiger partial charge < -0.3 is 0 Å². The fraction of sp³-hybridized carbons (Fsp3) is 0.111. The van der Waals surface area contributed by atoms with Gasteiger partial charge in [-0.2, -0.15) is 5.56 Å². The number of aryl methyl sites for hydroxylation is 1. The van der Waals surface area contributed by atoms with Crippen molar-refractivity contribution in [2.24, 2.45) is 0 Å². The Morgan fingerprint density at radius 3 is 2.10 bits per heavy atom. The SMILES string of the molecule is [CH-]=Cc1ccc(C)cc1.[Y]. The molecule has 0 saturated heterocycles. The monoisotopic (exact) mass is 206 g/mol. The van der Waals surface area contributed by atoms with Crippen LogP contribution in [0.25, 0.3) is 6.08 Å². The van der Waals surface area contributed by atoms with Gasteiger partial charge in [-0.3, -0.25) is 6.58 Å². The molecule has 10 heavy (non-hydrogen) atoms.